The second-order valence-electron chi connectivity index (χ2n) is 6.71. The number of amides is 1. The summed E-state index contributed by atoms with van der Waals surface area (Å²) in [6.45, 7) is 4.50. The molecule has 0 N–H and O–H groups in total. The molecule has 1 aromatic carbocycles. The third kappa shape index (κ3) is 4.71. The van der Waals surface area contributed by atoms with Crippen molar-refractivity contribution in [2.45, 2.75) is 51.2 Å². The van der Waals surface area contributed by atoms with Crippen molar-refractivity contribution in [3.05, 3.63) is 35.9 Å². The Morgan fingerprint density at radius 1 is 0.957 bits per heavy atom. The van der Waals surface area contributed by atoms with Gasteiger partial charge in [0.1, 0.15) is 6.61 Å². The highest BCUT2D eigenvalue weighted by Crippen LogP contribution is 2.21. The van der Waals surface area contributed by atoms with E-state index in [4.69, 9.17) is 4.74 Å². The molecule has 0 spiro atoms. The van der Waals surface area contributed by atoms with Crippen LogP contribution in [0.25, 0.3) is 0 Å². The minimum atomic E-state index is -0.164. The molecule has 0 unspecified atom stereocenters. The Labute approximate surface area is 139 Å². The van der Waals surface area contributed by atoms with E-state index in [-0.39, 0.29) is 6.09 Å². The summed E-state index contributed by atoms with van der Waals surface area (Å²) in [5.74, 6) is 0. The highest BCUT2D eigenvalue weighted by molar-refractivity contribution is 5.67. The molecule has 0 atom stereocenters. The normalized spacial score (nSPS) is 21.0. The Kier molecular flexibility index (Phi) is 5.92. The van der Waals surface area contributed by atoms with Gasteiger partial charge < -0.3 is 14.5 Å². The molecule has 3 rings (SSSR count). The number of ether oxygens (including phenoxy) is 1. The van der Waals surface area contributed by atoms with Crippen LogP contribution in [0.3, 0.4) is 0 Å². The Bertz CT molecular complexity index is 475. The number of hydrogen-bond acceptors (Lipinski definition) is 3. The topological polar surface area (TPSA) is 32.8 Å². The largest absolute Gasteiger partial charge is 0.445 e. The van der Waals surface area contributed by atoms with Crippen molar-refractivity contribution in [2.24, 2.45) is 0 Å². The second-order valence-corrected chi connectivity index (χ2v) is 6.71. The Morgan fingerprint density at radius 3 is 2.26 bits per heavy atom. The van der Waals surface area contributed by atoms with Crippen LogP contribution in [-0.2, 0) is 11.3 Å². The van der Waals surface area contributed by atoms with Gasteiger partial charge in [-0.25, -0.2) is 4.79 Å². The van der Waals surface area contributed by atoms with Gasteiger partial charge in [-0.15, -0.1) is 0 Å². The van der Waals surface area contributed by atoms with Crippen LogP contribution < -0.4 is 0 Å². The molecule has 0 aromatic heterocycles. The van der Waals surface area contributed by atoms with Crippen molar-refractivity contribution in [3.8, 4) is 0 Å². The van der Waals surface area contributed by atoms with Crippen LogP contribution in [0.2, 0.25) is 0 Å². The molecule has 23 heavy (non-hydrogen) atoms. The van der Waals surface area contributed by atoms with Gasteiger partial charge in [0, 0.05) is 19.1 Å². The van der Waals surface area contributed by atoms with Crippen molar-refractivity contribution in [1.29, 1.82) is 0 Å². The zero-order chi connectivity index (χ0) is 15.9. The first-order valence-corrected chi connectivity index (χ1v) is 9.02. The predicted octanol–water partition coefficient (Wildman–Crippen LogP) is 3.66. The molecule has 2 aliphatic rings. The number of rotatable bonds is 3. The Hall–Kier alpha value is -1.55. The monoisotopic (exact) mass is 316 g/mol. The van der Waals surface area contributed by atoms with E-state index in [1.54, 1.807) is 0 Å². The van der Waals surface area contributed by atoms with Gasteiger partial charge >= 0.3 is 6.09 Å². The van der Waals surface area contributed by atoms with Crippen molar-refractivity contribution >= 4 is 6.09 Å². The van der Waals surface area contributed by atoms with Crippen LogP contribution in [0, 0.1) is 0 Å². The summed E-state index contributed by atoms with van der Waals surface area (Å²) in [6.07, 6.45) is 7.42. The average Bonchev–Trinajstić information content (AvgIpc) is 2.90. The lowest BCUT2D eigenvalue weighted by Gasteiger charge is -2.37. The molecule has 4 nitrogen and oxygen atoms in total. The highest BCUT2D eigenvalue weighted by atomic mass is 16.6. The van der Waals surface area contributed by atoms with E-state index in [2.05, 4.69) is 4.90 Å². The van der Waals surface area contributed by atoms with E-state index in [1.165, 1.54) is 38.8 Å². The van der Waals surface area contributed by atoms with Gasteiger partial charge in [-0.1, -0.05) is 43.2 Å². The average molecular weight is 316 g/mol. The molecule has 4 heteroatoms. The van der Waals surface area contributed by atoms with E-state index in [0.29, 0.717) is 12.6 Å². The third-order valence-electron chi connectivity index (χ3n) is 5.08. The molecule has 0 aliphatic carbocycles. The van der Waals surface area contributed by atoms with Gasteiger partial charge in [-0.2, -0.15) is 0 Å². The number of hydrogen-bond donors (Lipinski definition) is 0. The first-order valence-electron chi connectivity index (χ1n) is 9.02. The first kappa shape index (κ1) is 16.3. The van der Waals surface area contributed by atoms with Crippen molar-refractivity contribution < 1.29 is 9.53 Å². The van der Waals surface area contributed by atoms with E-state index in [9.17, 15) is 4.79 Å². The summed E-state index contributed by atoms with van der Waals surface area (Å²) in [5.41, 5.74) is 1.04. The maximum atomic E-state index is 12.2. The number of nitrogens with zero attached hydrogens (tertiary/aromatic N) is 2. The SMILES string of the molecule is O=C(OCc1ccccc1)N1CCC(N2CCCCCC2)CC1. The quantitative estimate of drug-likeness (QED) is 0.853. The smallest absolute Gasteiger partial charge is 0.410 e. The summed E-state index contributed by atoms with van der Waals surface area (Å²) < 4.78 is 5.44. The summed E-state index contributed by atoms with van der Waals surface area (Å²) in [4.78, 5) is 16.7. The third-order valence-corrected chi connectivity index (χ3v) is 5.08. The molecular formula is C19H28N2O2. The van der Waals surface area contributed by atoms with Crippen molar-refractivity contribution in [2.75, 3.05) is 26.2 Å². The molecule has 0 radical (unpaired) electrons. The summed E-state index contributed by atoms with van der Waals surface area (Å²) >= 11 is 0. The standard InChI is InChI=1S/C19H28N2O2/c22-19(23-16-17-8-4-3-5-9-17)21-14-10-18(11-15-21)20-12-6-1-2-7-13-20/h3-5,8-9,18H,1-2,6-7,10-16H2. The fourth-order valence-corrected chi connectivity index (χ4v) is 3.68. The van der Waals surface area contributed by atoms with Gasteiger partial charge in [0.25, 0.3) is 0 Å². The minimum Gasteiger partial charge on any atom is -0.445 e. The Morgan fingerprint density at radius 2 is 1.61 bits per heavy atom. The summed E-state index contributed by atoms with van der Waals surface area (Å²) in [7, 11) is 0. The molecule has 1 aromatic rings. The molecule has 0 saturated carbocycles. The maximum absolute atomic E-state index is 12.2. The van der Waals surface area contributed by atoms with Crippen LogP contribution in [0.15, 0.2) is 30.3 Å². The fraction of sp³-hybridized carbons (Fsp3) is 0.632. The lowest BCUT2D eigenvalue weighted by Crippen LogP contribution is -2.47. The van der Waals surface area contributed by atoms with Gasteiger partial charge in [0.05, 0.1) is 0 Å². The zero-order valence-electron chi connectivity index (χ0n) is 14.0. The number of carbonyl (C=O) groups is 1. The van der Waals surface area contributed by atoms with Crippen LogP contribution in [0.4, 0.5) is 4.79 Å². The molecular weight excluding hydrogens is 288 g/mol. The minimum absolute atomic E-state index is 0.164. The van der Waals surface area contributed by atoms with Gasteiger partial charge in [0.15, 0.2) is 0 Å². The van der Waals surface area contributed by atoms with Crippen LogP contribution in [-0.4, -0.2) is 48.1 Å². The van der Waals surface area contributed by atoms with Gasteiger partial charge in [-0.3, -0.25) is 0 Å². The number of carbonyl (C=O) groups excluding carboxylic acids is 1. The maximum Gasteiger partial charge on any atom is 0.410 e. The molecule has 2 heterocycles. The lowest BCUT2D eigenvalue weighted by atomic mass is 10.0. The van der Waals surface area contributed by atoms with E-state index >= 15 is 0 Å². The van der Waals surface area contributed by atoms with Crippen LogP contribution in [0.5, 0.6) is 0 Å². The first-order chi connectivity index (χ1) is 11.3. The predicted molar refractivity (Wildman–Crippen MR) is 91.3 cm³/mol. The number of benzene rings is 1. The highest BCUT2D eigenvalue weighted by Gasteiger charge is 2.27. The molecule has 126 valence electrons. The lowest BCUT2D eigenvalue weighted by molar-refractivity contribution is 0.0686. The van der Waals surface area contributed by atoms with Crippen molar-refractivity contribution in [3.63, 3.8) is 0 Å². The van der Waals surface area contributed by atoms with Crippen LogP contribution in [0.1, 0.15) is 44.1 Å². The van der Waals surface area contributed by atoms with E-state index in [1.807, 2.05) is 35.2 Å². The number of piperidine rings is 1. The Balaban J connectivity index is 1.42. The van der Waals surface area contributed by atoms with E-state index < -0.39 is 0 Å². The van der Waals surface area contributed by atoms with Crippen molar-refractivity contribution in [1.82, 2.24) is 9.80 Å². The molecule has 2 aliphatic heterocycles. The second kappa shape index (κ2) is 8.34. The van der Waals surface area contributed by atoms with Gasteiger partial charge in [0.2, 0.25) is 0 Å². The van der Waals surface area contributed by atoms with Crippen LogP contribution >= 0.6 is 0 Å². The van der Waals surface area contributed by atoms with Gasteiger partial charge in [-0.05, 0) is 44.3 Å². The molecule has 0 bridgehead atoms. The van der Waals surface area contributed by atoms with E-state index in [0.717, 1.165) is 31.5 Å². The zero-order valence-corrected chi connectivity index (χ0v) is 14.0. The molecule has 1 amide bonds. The summed E-state index contributed by atoms with van der Waals surface area (Å²) in [5, 5.41) is 0. The summed E-state index contributed by atoms with van der Waals surface area (Å²) in [6, 6.07) is 10.5. The molecule has 2 fully saturated rings. The number of likely N-dealkylation sites (tertiary alicyclic amines) is 2. The molecule has 2 saturated heterocycles. The fourth-order valence-electron chi connectivity index (χ4n) is 3.68.